The number of hydrogen-bond acceptors (Lipinski definition) is 4. The number of nitrogens with one attached hydrogen (secondary N) is 1. The molecule has 4 nitrogen and oxygen atoms in total. The summed E-state index contributed by atoms with van der Waals surface area (Å²) in [6, 6.07) is 18.3. The fraction of sp³-hybridized carbons (Fsp3) is 0.304. The van der Waals surface area contributed by atoms with E-state index in [1.165, 1.54) is 25.7 Å². The molecule has 2 aromatic heterocycles. The molecule has 1 saturated heterocycles. The summed E-state index contributed by atoms with van der Waals surface area (Å²) in [7, 11) is 0. The van der Waals surface area contributed by atoms with Gasteiger partial charge in [-0.2, -0.15) is 0 Å². The lowest BCUT2D eigenvalue weighted by Crippen LogP contribution is -2.37. The predicted molar refractivity (Wildman–Crippen MR) is 124 cm³/mol. The molecule has 0 spiro atoms. The average molecular weight is 456 g/mol. The van der Waals surface area contributed by atoms with E-state index in [4.69, 9.17) is 28.2 Å². The maximum atomic E-state index is 6.35. The molecule has 154 valence electrons. The maximum Gasteiger partial charge on any atom is 0.170 e. The van der Waals surface area contributed by atoms with Crippen LogP contribution in [0.5, 0.6) is 0 Å². The molecule has 5 rings (SSSR count). The first-order valence-electron chi connectivity index (χ1n) is 10.2. The number of halogens is 1. The first-order chi connectivity index (χ1) is 14.7. The van der Waals surface area contributed by atoms with Crippen LogP contribution in [0.1, 0.15) is 49.2 Å². The van der Waals surface area contributed by atoms with Gasteiger partial charge in [0, 0.05) is 22.2 Å². The smallest absolute Gasteiger partial charge is 0.170 e. The van der Waals surface area contributed by atoms with Gasteiger partial charge in [-0.3, -0.25) is 4.98 Å². The van der Waals surface area contributed by atoms with Crippen LogP contribution in [0.2, 0.25) is 5.02 Å². The fourth-order valence-electron chi connectivity index (χ4n) is 4.41. The third-order valence-corrected chi connectivity index (χ3v) is 7.29. The summed E-state index contributed by atoms with van der Waals surface area (Å²) in [4.78, 5) is 8.06. The Bertz CT molecular complexity index is 1020. The first kappa shape index (κ1) is 19.9. The average Bonchev–Trinajstić information content (AvgIpc) is 3.50. The Kier molecular flexibility index (Phi) is 5.72. The van der Waals surface area contributed by atoms with Crippen LogP contribution in [0.3, 0.4) is 0 Å². The van der Waals surface area contributed by atoms with Crippen molar-refractivity contribution in [1.82, 2.24) is 15.2 Å². The Morgan fingerprint density at radius 2 is 1.87 bits per heavy atom. The maximum absolute atomic E-state index is 6.35. The van der Waals surface area contributed by atoms with Crippen LogP contribution in [-0.4, -0.2) is 21.0 Å². The number of hydrogen-bond donors (Lipinski definition) is 1. The van der Waals surface area contributed by atoms with Crippen molar-refractivity contribution in [1.29, 1.82) is 0 Å². The van der Waals surface area contributed by atoms with Crippen LogP contribution in [0, 0.1) is 0 Å². The highest BCUT2D eigenvalue weighted by Crippen LogP contribution is 2.44. The van der Waals surface area contributed by atoms with Gasteiger partial charge in [0.2, 0.25) is 0 Å². The van der Waals surface area contributed by atoms with E-state index in [0.717, 1.165) is 31.6 Å². The van der Waals surface area contributed by atoms with E-state index in [9.17, 15) is 0 Å². The summed E-state index contributed by atoms with van der Waals surface area (Å²) in [5.41, 5.74) is 0.980. The Labute approximate surface area is 191 Å². The molecule has 3 heterocycles. The van der Waals surface area contributed by atoms with Crippen LogP contribution in [0.15, 0.2) is 75.2 Å². The van der Waals surface area contributed by atoms with E-state index < -0.39 is 0 Å². The summed E-state index contributed by atoms with van der Waals surface area (Å²) in [6.45, 7) is 0. The van der Waals surface area contributed by atoms with Gasteiger partial charge in [0.15, 0.2) is 10.2 Å². The quantitative estimate of drug-likeness (QED) is 0.449. The molecule has 1 aromatic carbocycles. The standard InChI is InChI=1S/C23H22ClN3OS2/c24-15-8-10-17(11-9-15)30-20-13-12-19(28-20)22-21(18-7-3-4-14-25-18)26-23(29)27(22)16-5-1-2-6-16/h3-4,7-14,16,21-22H,1-2,5-6H2,(H,26,29)/t21-,22+/m1/s1. The van der Waals surface area contributed by atoms with Gasteiger partial charge in [-0.05, 0) is 73.6 Å². The zero-order valence-corrected chi connectivity index (χ0v) is 18.7. The molecule has 30 heavy (non-hydrogen) atoms. The van der Waals surface area contributed by atoms with Crippen molar-refractivity contribution < 1.29 is 4.42 Å². The summed E-state index contributed by atoms with van der Waals surface area (Å²) in [5.74, 6) is 0.918. The highest BCUT2D eigenvalue weighted by Gasteiger charge is 2.45. The number of rotatable bonds is 5. The molecule has 1 saturated carbocycles. The van der Waals surface area contributed by atoms with Crippen molar-refractivity contribution in [3.63, 3.8) is 0 Å². The third kappa shape index (κ3) is 3.96. The molecule has 0 amide bonds. The minimum atomic E-state index is -0.0289. The van der Waals surface area contributed by atoms with Gasteiger partial charge in [0.05, 0.1) is 11.7 Å². The molecule has 0 bridgehead atoms. The van der Waals surface area contributed by atoms with Gasteiger partial charge in [-0.25, -0.2) is 0 Å². The number of aromatic nitrogens is 1. The summed E-state index contributed by atoms with van der Waals surface area (Å²) in [6.07, 6.45) is 6.67. The summed E-state index contributed by atoms with van der Waals surface area (Å²) < 4.78 is 6.35. The fourth-order valence-corrected chi connectivity index (χ4v) is 5.71. The lowest BCUT2D eigenvalue weighted by Gasteiger charge is -2.31. The van der Waals surface area contributed by atoms with E-state index in [0.29, 0.717) is 6.04 Å². The predicted octanol–water partition coefficient (Wildman–Crippen LogP) is 6.39. The normalized spacial score (nSPS) is 21.9. The molecular weight excluding hydrogens is 434 g/mol. The zero-order chi connectivity index (χ0) is 20.5. The Hall–Kier alpha value is -2.02. The summed E-state index contributed by atoms with van der Waals surface area (Å²) in [5, 5.41) is 5.91. The Balaban J connectivity index is 1.47. The molecule has 2 atom stereocenters. The molecule has 7 heteroatoms. The molecular formula is C23H22ClN3OS2. The third-order valence-electron chi connectivity index (χ3n) is 5.78. The molecule has 0 radical (unpaired) electrons. The summed E-state index contributed by atoms with van der Waals surface area (Å²) >= 11 is 13.4. The molecule has 3 aromatic rings. The van der Waals surface area contributed by atoms with Crippen molar-refractivity contribution in [2.45, 2.75) is 53.8 Å². The van der Waals surface area contributed by atoms with Crippen LogP contribution < -0.4 is 5.32 Å². The van der Waals surface area contributed by atoms with E-state index in [1.807, 2.05) is 48.7 Å². The van der Waals surface area contributed by atoms with Crippen LogP contribution in [-0.2, 0) is 0 Å². The lowest BCUT2D eigenvalue weighted by molar-refractivity contribution is 0.210. The van der Waals surface area contributed by atoms with Crippen molar-refractivity contribution in [2.24, 2.45) is 0 Å². The number of thiocarbonyl (C=S) groups is 1. The highest BCUT2D eigenvalue weighted by atomic mass is 35.5. The number of furan rings is 1. The molecule has 0 unspecified atom stereocenters. The van der Waals surface area contributed by atoms with Gasteiger partial charge < -0.3 is 14.6 Å². The highest BCUT2D eigenvalue weighted by molar-refractivity contribution is 7.99. The van der Waals surface area contributed by atoms with E-state index in [2.05, 4.69) is 27.3 Å². The van der Waals surface area contributed by atoms with Crippen LogP contribution in [0.4, 0.5) is 0 Å². The minimum Gasteiger partial charge on any atom is -0.452 e. The molecule has 2 fully saturated rings. The second-order valence-electron chi connectivity index (χ2n) is 7.68. The van der Waals surface area contributed by atoms with Gasteiger partial charge in [0.25, 0.3) is 0 Å². The van der Waals surface area contributed by atoms with E-state index >= 15 is 0 Å². The lowest BCUT2D eigenvalue weighted by atomic mass is 10.0. The Morgan fingerprint density at radius 1 is 1.07 bits per heavy atom. The number of pyridine rings is 1. The minimum absolute atomic E-state index is 0.00457. The van der Waals surface area contributed by atoms with Gasteiger partial charge >= 0.3 is 0 Å². The van der Waals surface area contributed by atoms with Crippen molar-refractivity contribution >= 4 is 40.7 Å². The molecule has 1 aliphatic carbocycles. The SMILES string of the molecule is S=C1N[C@H](c2ccccn2)[C@H](c2ccc(Sc3ccc(Cl)cc3)o2)N1C1CCCC1. The van der Waals surface area contributed by atoms with Crippen molar-refractivity contribution in [3.05, 3.63) is 77.3 Å². The van der Waals surface area contributed by atoms with Crippen molar-refractivity contribution in [2.75, 3.05) is 0 Å². The molecule has 2 aliphatic rings. The van der Waals surface area contributed by atoms with E-state index in [-0.39, 0.29) is 12.1 Å². The second kappa shape index (κ2) is 8.61. The largest absolute Gasteiger partial charge is 0.452 e. The zero-order valence-electron chi connectivity index (χ0n) is 16.3. The number of benzene rings is 1. The van der Waals surface area contributed by atoms with Gasteiger partial charge in [-0.1, -0.05) is 42.3 Å². The topological polar surface area (TPSA) is 41.3 Å². The van der Waals surface area contributed by atoms with E-state index in [1.54, 1.807) is 11.8 Å². The van der Waals surface area contributed by atoms with Gasteiger partial charge in [-0.15, -0.1) is 0 Å². The second-order valence-corrected chi connectivity index (χ2v) is 9.59. The van der Waals surface area contributed by atoms with Crippen molar-refractivity contribution in [3.8, 4) is 0 Å². The van der Waals surface area contributed by atoms with Crippen LogP contribution >= 0.6 is 35.6 Å². The molecule has 1 N–H and O–H groups in total. The molecule has 1 aliphatic heterocycles. The first-order valence-corrected chi connectivity index (χ1v) is 11.8. The Morgan fingerprint density at radius 3 is 2.60 bits per heavy atom. The number of nitrogens with zero attached hydrogens (tertiary/aromatic N) is 2. The van der Waals surface area contributed by atoms with Crippen LogP contribution in [0.25, 0.3) is 0 Å². The van der Waals surface area contributed by atoms with Gasteiger partial charge in [0.1, 0.15) is 11.8 Å². The monoisotopic (exact) mass is 455 g/mol.